The molecule has 4 nitrogen and oxygen atoms in total. The SMILES string of the molecule is CCCN1C(=O)NC(=N)C1(CC)CC. The number of hydrogen-bond donors (Lipinski definition) is 2. The fraction of sp³-hybridized carbons (Fsp3) is 0.800. The minimum Gasteiger partial charge on any atom is -0.312 e. The third-order valence-electron chi connectivity index (χ3n) is 3.08. The second-order valence-electron chi connectivity index (χ2n) is 3.70. The lowest BCUT2D eigenvalue weighted by Crippen LogP contribution is -2.48. The summed E-state index contributed by atoms with van der Waals surface area (Å²) in [6.45, 7) is 6.84. The van der Waals surface area contributed by atoms with E-state index < -0.39 is 0 Å². The van der Waals surface area contributed by atoms with E-state index in [1.807, 2.05) is 20.8 Å². The molecule has 4 heteroatoms. The van der Waals surface area contributed by atoms with Crippen molar-refractivity contribution in [2.75, 3.05) is 6.54 Å². The molecule has 0 aliphatic carbocycles. The predicted molar refractivity (Wildman–Crippen MR) is 56.6 cm³/mol. The standard InChI is InChI=1S/C10H19N3O/c1-4-7-13-9(14)12-8(11)10(13,5-2)6-3/h4-7H2,1-3H3,(H2,11,12,14). The van der Waals surface area contributed by atoms with Crippen LogP contribution in [0.15, 0.2) is 0 Å². The van der Waals surface area contributed by atoms with Crippen molar-refractivity contribution >= 4 is 11.9 Å². The maximum absolute atomic E-state index is 11.6. The summed E-state index contributed by atoms with van der Waals surface area (Å²) in [6.07, 6.45) is 2.55. The van der Waals surface area contributed by atoms with Gasteiger partial charge in [0.25, 0.3) is 0 Å². The fourth-order valence-electron chi connectivity index (χ4n) is 2.14. The second-order valence-corrected chi connectivity index (χ2v) is 3.70. The van der Waals surface area contributed by atoms with Crippen molar-refractivity contribution in [3.63, 3.8) is 0 Å². The Kier molecular flexibility index (Phi) is 3.13. The van der Waals surface area contributed by atoms with Gasteiger partial charge < -0.3 is 4.90 Å². The molecule has 80 valence electrons. The first-order valence-corrected chi connectivity index (χ1v) is 5.30. The molecule has 2 N–H and O–H groups in total. The van der Waals surface area contributed by atoms with Crippen molar-refractivity contribution in [1.29, 1.82) is 5.41 Å². The van der Waals surface area contributed by atoms with E-state index in [9.17, 15) is 4.79 Å². The van der Waals surface area contributed by atoms with Crippen molar-refractivity contribution in [2.45, 2.75) is 45.6 Å². The average Bonchev–Trinajstić information content (AvgIpc) is 2.40. The van der Waals surface area contributed by atoms with Gasteiger partial charge in [-0.1, -0.05) is 20.8 Å². The van der Waals surface area contributed by atoms with Crippen LogP contribution in [0.4, 0.5) is 4.79 Å². The van der Waals surface area contributed by atoms with Crippen LogP contribution >= 0.6 is 0 Å². The normalized spacial score (nSPS) is 20.1. The first-order chi connectivity index (χ1) is 6.62. The summed E-state index contributed by atoms with van der Waals surface area (Å²) in [7, 11) is 0. The van der Waals surface area contributed by atoms with Gasteiger partial charge in [-0.25, -0.2) is 4.79 Å². The zero-order valence-corrected chi connectivity index (χ0v) is 9.18. The molecule has 0 bridgehead atoms. The highest BCUT2D eigenvalue weighted by atomic mass is 16.2. The Morgan fingerprint density at radius 3 is 2.36 bits per heavy atom. The molecule has 0 saturated carbocycles. The quantitative estimate of drug-likeness (QED) is 0.711. The maximum atomic E-state index is 11.6. The molecular weight excluding hydrogens is 178 g/mol. The Bertz CT molecular complexity index is 246. The van der Waals surface area contributed by atoms with Gasteiger partial charge in [0.15, 0.2) is 0 Å². The number of urea groups is 1. The van der Waals surface area contributed by atoms with Crippen molar-refractivity contribution in [1.82, 2.24) is 10.2 Å². The van der Waals surface area contributed by atoms with Gasteiger partial charge in [0, 0.05) is 6.54 Å². The third kappa shape index (κ3) is 1.38. The van der Waals surface area contributed by atoms with Crippen LogP contribution in [0, 0.1) is 5.41 Å². The molecule has 1 saturated heterocycles. The van der Waals surface area contributed by atoms with Crippen molar-refractivity contribution in [3.8, 4) is 0 Å². The van der Waals surface area contributed by atoms with Crippen LogP contribution in [0.1, 0.15) is 40.0 Å². The highest BCUT2D eigenvalue weighted by Crippen LogP contribution is 2.29. The van der Waals surface area contributed by atoms with Gasteiger partial charge >= 0.3 is 6.03 Å². The number of nitrogens with zero attached hydrogens (tertiary/aromatic N) is 1. The molecule has 0 aromatic heterocycles. The van der Waals surface area contributed by atoms with Gasteiger partial charge in [-0.15, -0.1) is 0 Å². The fourth-order valence-corrected chi connectivity index (χ4v) is 2.14. The van der Waals surface area contributed by atoms with Crippen LogP contribution in [0.2, 0.25) is 0 Å². The summed E-state index contributed by atoms with van der Waals surface area (Å²) in [5.74, 6) is 0.362. The molecule has 1 rings (SSSR count). The average molecular weight is 197 g/mol. The zero-order valence-electron chi connectivity index (χ0n) is 9.18. The topological polar surface area (TPSA) is 56.2 Å². The van der Waals surface area contributed by atoms with E-state index in [0.29, 0.717) is 5.84 Å². The number of carbonyl (C=O) groups is 1. The number of amidine groups is 1. The van der Waals surface area contributed by atoms with Gasteiger partial charge in [0.05, 0.1) is 0 Å². The van der Waals surface area contributed by atoms with Crippen molar-refractivity contribution in [2.24, 2.45) is 0 Å². The van der Waals surface area contributed by atoms with Gasteiger partial charge in [-0.2, -0.15) is 0 Å². The Morgan fingerprint density at radius 1 is 1.36 bits per heavy atom. The highest BCUT2D eigenvalue weighted by Gasteiger charge is 2.46. The summed E-state index contributed by atoms with van der Waals surface area (Å²) in [4.78, 5) is 13.4. The smallest absolute Gasteiger partial charge is 0.312 e. The minimum atomic E-state index is -0.368. The van der Waals surface area contributed by atoms with Gasteiger partial charge in [0.2, 0.25) is 0 Å². The lowest BCUT2D eigenvalue weighted by Gasteiger charge is -2.34. The molecular formula is C10H19N3O. The number of nitrogens with one attached hydrogen (secondary N) is 2. The van der Waals surface area contributed by atoms with E-state index in [4.69, 9.17) is 5.41 Å². The molecule has 0 atom stereocenters. The highest BCUT2D eigenvalue weighted by molar-refractivity contribution is 6.08. The molecule has 14 heavy (non-hydrogen) atoms. The Balaban J connectivity index is 2.97. The zero-order chi connectivity index (χ0) is 10.8. The van der Waals surface area contributed by atoms with Crippen LogP contribution < -0.4 is 5.32 Å². The van der Waals surface area contributed by atoms with Crippen LogP contribution in [-0.2, 0) is 0 Å². The summed E-state index contributed by atoms with van der Waals surface area (Å²) in [6, 6.07) is -0.111. The van der Waals surface area contributed by atoms with Gasteiger partial charge in [-0.3, -0.25) is 10.7 Å². The molecule has 0 radical (unpaired) electrons. The molecule has 1 heterocycles. The first-order valence-electron chi connectivity index (χ1n) is 5.30. The van der Waals surface area contributed by atoms with E-state index in [0.717, 1.165) is 25.8 Å². The Morgan fingerprint density at radius 2 is 1.93 bits per heavy atom. The molecule has 1 fully saturated rings. The van der Waals surface area contributed by atoms with Crippen molar-refractivity contribution < 1.29 is 4.79 Å². The van der Waals surface area contributed by atoms with Gasteiger partial charge in [0.1, 0.15) is 11.4 Å². The summed E-state index contributed by atoms with van der Waals surface area (Å²) in [5.41, 5.74) is -0.368. The van der Waals surface area contributed by atoms with E-state index in [1.165, 1.54) is 0 Å². The Hall–Kier alpha value is -1.06. The lowest BCUT2D eigenvalue weighted by molar-refractivity contribution is 0.167. The number of carbonyl (C=O) groups excluding carboxylic acids is 1. The molecule has 1 aliphatic rings. The summed E-state index contributed by atoms with van der Waals surface area (Å²) >= 11 is 0. The van der Waals surface area contributed by atoms with Crippen LogP contribution in [-0.4, -0.2) is 28.9 Å². The van der Waals surface area contributed by atoms with E-state index in [2.05, 4.69) is 5.32 Å². The lowest BCUT2D eigenvalue weighted by atomic mass is 9.91. The van der Waals surface area contributed by atoms with Crippen LogP contribution in [0.5, 0.6) is 0 Å². The molecule has 0 spiro atoms. The Labute approximate surface area is 85.2 Å². The van der Waals surface area contributed by atoms with Crippen LogP contribution in [0.25, 0.3) is 0 Å². The molecule has 2 amide bonds. The molecule has 0 aromatic carbocycles. The van der Waals surface area contributed by atoms with E-state index in [-0.39, 0.29) is 11.6 Å². The predicted octanol–water partition coefficient (Wildman–Crippen LogP) is 1.96. The largest absolute Gasteiger partial charge is 0.323 e. The van der Waals surface area contributed by atoms with Crippen molar-refractivity contribution in [3.05, 3.63) is 0 Å². The monoisotopic (exact) mass is 197 g/mol. The first kappa shape index (κ1) is 11.0. The summed E-state index contributed by atoms with van der Waals surface area (Å²) in [5, 5.41) is 10.4. The minimum absolute atomic E-state index is 0.111. The molecule has 0 unspecified atom stereocenters. The van der Waals surface area contributed by atoms with Gasteiger partial charge in [-0.05, 0) is 19.3 Å². The number of amides is 2. The van der Waals surface area contributed by atoms with Crippen LogP contribution in [0.3, 0.4) is 0 Å². The number of hydrogen-bond acceptors (Lipinski definition) is 2. The van der Waals surface area contributed by atoms with E-state index >= 15 is 0 Å². The number of rotatable bonds is 4. The second kappa shape index (κ2) is 3.98. The third-order valence-corrected chi connectivity index (χ3v) is 3.08. The maximum Gasteiger partial charge on any atom is 0.323 e. The molecule has 1 aliphatic heterocycles. The summed E-state index contributed by atoms with van der Waals surface area (Å²) < 4.78 is 0. The molecule has 0 aromatic rings. The van der Waals surface area contributed by atoms with E-state index in [1.54, 1.807) is 4.90 Å².